The van der Waals surface area contributed by atoms with Gasteiger partial charge in [0.05, 0.1) is 33.6 Å². The van der Waals surface area contributed by atoms with Gasteiger partial charge in [0, 0.05) is 18.0 Å². The number of hydrogen-bond acceptors (Lipinski definition) is 6. The molecule has 0 saturated carbocycles. The monoisotopic (exact) mass is 482 g/mol. The minimum Gasteiger partial charge on any atom is -0.493 e. The van der Waals surface area contributed by atoms with E-state index in [0.717, 1.165) is 22.3 Å². The van der Waals surface area contributed by atoms with Crippen molar-refractivity contribution in [2.24, 2.45) is 5.92 Å². The highest BCUT2D eigenvalue weighted by atomic mass is 32.2. The third-order valence-electron chi connectivity index (χ3n) is 5.12. The molecule has 0 aliphatic carbocycles. The van der Waals surface area contributed by atoms with Crippen molar-refractivity contribution in [1.29, 1.82) is 0 Å². The Morgan fingerprint density at radius 2 is 1.81 bits per heavy atom. The van der Waals surface area contributed by atoms with E-state index in [0.29, 0.717) is 37.6 Å². The molecule has 32 heavy (non-hydrogen) atoms. The topological polar surface area (TPSA) is 76.2 Å². The number of rotatable bonds is 12. The number of benzene rings is 1. The van der Waals surface area contributed by atoms with Gasteiger partial charge in [-0.25, -0.2) is 8.42 Å². The number of thiophene rings is 1. The fraction of sp³-hybridized carbons (Fsp3) is 0.522. The molecule has 0 aliphatic rings. The van der Waals surface area contributed by atoms with Crippen molar-refractivity contribution in [2.45, 2.75) is 33.7 Å². The van der Waals surface area contributed by atoms with Crippen molar-refractivity contribution < 1.29 is 22.7 Å². The minimum atomic E-state index is -3.48. The van der Waals surface area contributed by atoms with Gasteiger partial charge < -0.3 is 14.4 Å². The number of nitrogens with zero attached hydrogens (tertiary/aromatic N) is 2. The molecule has 1 heterocycles. The van der Waals surface area contributed by atoms with Gasteiger partial charge in [0.25, 0.3) is 0 Å². The number of sulfonamides is 1. The summed E-state index contributed by atoms with van der Waals surface area (Å²) >= 11 is 1.60. The maximum Gasteiger partial charge on any atom is 0.238 e. The zero-order valence-electron chi connectivity index (χ0n) is 19.8. The molecule has 0 unspecified atom stereocenters. The number of carbonyl (C=O) groups excluding carboxylic acids is 1. The second-order valence-corrected chi connectivity index (χ2v) is 11.2. The first kappa shape index (κ1) is 26.2. The van der Waals surface area contributed by atoms with E-state index in [1.807, 2.05) is 50.4 Å². The minimum absolute atomic E-state index is 0.122. The van der Waals surface area contributed by atoms with E-state index in [9.17, 15) is 13.2 Å². The normalized spacial score (nSPS) is 11.8. The van der Waals surface area contributed by atoms with Crippen LogP contribution in [0.3, 0.4) is 0 Å². The lowest BCUT2D eigenvalue weighted by atomic mass is 10.1. The van der Waals surface area contributed by atoms with E-state index in [1.165, 1.54) is 4.31 Å². The second-order valence-electron chi connectivity index (χ2n) is 8.23. The molecule has 0 spiro atoms. The molecule has 0 saturated heterocycles. The fourth-order valence-corrected chi connectivity index (χ4v) is 5.14. The summed E-state index contributed by atoms with van der Waals surface area (Å²) in [5, 5.41) is 2.00. The van der Waals surface area contributed by atoms with Crippen LogP contribution in [0, 0.1) is 12.8 Å². The van der Waals surface area contributed by atoms with Gasteiger partial charge in [-0.2, -0.15) is 4.31 Å². The van der Waals surface area contributed by atoms with Crippen LogP contribution in [-0.4, -0.2) is 63.6 Å². The van der Waals surface area contributed by atoms with Gasteiger partial charge in [0.15, 0.2) is 11.5 Å². The Kier molecular flexibility index (Phi) is 9.54. The number of ether oxygens (including phenoxy) is 2. The average Bonchev–Trinajstić information content (AvgIpc) is 3.13. The summed E-state index contributed by atoms with van der Waals surface area (Å²) < 4.78 is 36.4. The van der Waals surface area contributed by atoms with Gasteiger partial charge in [0.2, 0.25) is 15.9 Å². The van der Waals surface area contributed by atoms with Crippen LogP contribution in [0.4, 0.5) is 0 Å². The maximum atomic E-state index is 13.2. The van der Waals surface area contributed by atoms with Crippen LogP contribution in [-0.2, 0) is 27.8 Å². The Hall–Kier alpha value is -2.10. The standard InChI is InChI=1S/C23H34N2O5S2/c1-17(2)14-25(32(6,27)28)16-23(26)24(15-22-18(3)10-12-31-22)11-9-19-7-8-20(29-4)21(13-19)30-5/h7-8,10,12-13,17H,9,11,14-16H2,1-6H3. The second kappa shape index (κ2) is 11.7. The molecule has 1 aromatic carbocycles. The molecule has 2 aromatic rings. The molecule has 0 aliphatic heterocycles. The molecule has 7 nitrogen and oxygen atoms in total. The Morgan fingerprint density at radius 3 is 2.34 bits per heavy atom. The van der Waals surface area contributed by atoms with Crippen molar-refractivity contribution >= 4 is 27.3 Å². The van der Waals surface area contributed by atoms with Gasteiger partial charge in [-0.3, -0.25) is 4.79 Å². The van der Waals surface area contributed by atoms with E-state index in [2.05, 4.69) is 0 Å². The third-order valence-corrected chi connectivity index (χ3v) is 7.35. The molecule has 1 aromatic heterocycles. The molecule has 0 radical (unpaired) electrons. The zero-order valence-corrected chi connectivity index (χ0v) is 21.4. The van der Waals surface area contributed by atoms with Gasteiger partial charge in [-0.15, -0.1) is 11.3 Å². The zero-order chi connectivity index (χ0) is 23.9. The fourth-order valence-electron chi connectivity index (χ4n) is 3.31. The molecule has 2 rings (SSSR count). The SMILES string of the molecule is COc1ccc(CCN(Cc2sccc2C)C(=O)CN(CC(C)C)S(C)(=O)=O)cc1OC. The van der Waals surface area contributed by atoms with Crippen LogP contribution in [0.1, 0.15) is 29.9 Å². The van der Waals surface area contributed by atoms with Crippen LogP contribution >= 0.6 is 11.3 Å². The first-order chi connectivity index (χ1) is 15.0. The number of hydrogen-bond donors (Lipinski definition) is 0. The highest BCUT2D eigenvalue weighted by Crippen LogP contribution is 2.28. The summed E-state index contributed by atoms with van der Waals surface area (Å²) in [5.74, 6) is 1.20. The lowest BCUT2D eigenvalue weighted by Crippen LogP contribution is -2.44. The predicted molar refractivity (Wildman–Crippen MR) is 129 cm³/mol. The first-order valence-corrected chi connectivity index (χ1v) is 13.2. The number of aryl methyl sites for hydroxylation is 1. The summed E-state index contributed by atoms with van der Waals surface area (Å²) in [6.07, 6.45) is 1.76. The van der Waals surface area contributed by atoms with Crippen LogP contribution in [0.25, 0.3) is 0 Å². The van der Waals surface area contributed by atoms with Crippen LogP contribution < -0.4 is 9.47 Å². The molecule has 0 bridgehead atoms. The van der Waals surface area contributed by atoms with E-state index < -0.39 is 10.0 Å². The summed E-state index contributed by atoms with van der Waals surface area (Å²) in [4.78, 5) is 16.1. The van der Waals surface area contributed by atoms with E-state index >= 15 is 0 Å². The molecule has 9 heteroatoms. The van der Waals surface area contributed by atoms with E-state index in [1.54, 1.807) is 30.5 Å². The Morgan fingerprint density at radius 1 is 1.12 bits per heavy atom. The van der Waals surface area contributed by atoms with Crippen molar-refractivity contribution in [3.8, 4) is 11.5 Å². The van der Waals surface area contributed by atoms with E-state index in [-0.39, 0.29) is 18.4 Å². The lowest BCUT2D eigenvalue weighted by molar-refractivity contribution is -0.132. The Labute approximate surface area is 196 Å². The number of carbonyl (C=O) groups is 1. The van der Waals surface area contributed by atoms with E-state index in [4.69, 9.17) is 9.47 Å². The van der Waals surface area contributed by atoms with Crippen LogP contribution in [0.2, 0.25) is 0 Å². The Balaban J connectivity index is 2.22. The van der Waals surface area contributed by atoms with Crippen molar-refractivity contribution in [1.82, 2.24) is 9.21 Å². The first-order valence-electron chi connectivity index (χ1n) is 10.5. The molecule has 0 fully saturated rings. The maximum absolute atomic E-state index is 13.2. The summed E-state index contributed by atoms with van der Waals surface area (Å²) in [7, 11) is -0.306. The smallest absolute Gasteiger partial charge is 0.238 e. The van der Waals surface area contributed by atoms with Crippen molar-refractivity contribution in [3.63, 3.8) is 0 Å². The number of methoxy groups -OCH3 is 2. The third kappa shape index (κ3) is 7.50. The highest BCUT2D eigenvalue weighted by Gasteiger charge is 2.25. The summed E-state index contributed by atoms with van der Waals surface area (Å²) in [6, 6.07) is 7.72. The largest absolute Gasteiger partial charge is 0.493 e. The van der Waals surface area contributed by atoms with Crippen LogP contribution in [0.5, 0.6) is 11.5 Å². The molecule has 1 amide bonds. The number of amides is 1. The summed E-state index contributed by atoms with van der Waals surface area (Å²) in [6.45, 7) is 6.96. The molecule has 178 valence electrons. The average molecular weight is 483 g/mol. The molecular weight excluding hydrogens is 448 g/mol. The molecular formula is C23H34N2O5S2. The van der Waals surface area contributed by atoms with Gasteiger partial charge in [0.1, 0.15) is 0 Å². The van der Waals surface area contributed by atoms with Crippen molar-refractivity contribution in [2.75, 3.05) is 40.1 Å². The lowest BCUT2D eigenvalue weighted by Gasteiger charge is -2.27. The van der Waals surface area contributed by atoms with Gasteiger partial charge in [-0.05, 0) is 54.0 Å². The highest BCUT2D eigenvalue weighted by molar-refractivity contribution is 7.88. The quantitative estimate of drug-likeness (QED) is 0.462. The van der Waals surface area contributed by atoms with Gasteiger partial charge in [-0.1, -0.05) is 19.9 Å². The Bertz CT molecular complexity index is 1000. The summed E-state index contributed by atoms with van der Waals surface area (Å²) in [5.41, 5.74) is 2.13. The predicted octanol–water partition coefficient (Wildman–Crippen LogP) is 3.56. The van der Waals surface area contributed by atoms with Crippen LogP contribution in [0.15, 0.2) is 29.6 Å². The molecule has 0 N–H and O–H groups in total. The molecule has 0 atom stereocenters. The van der Waals surface area contributed by atoms with Gasteiger partial charge >= 0.3 is 0 Å². The van der Waals surface area contributed by atoms with Crippen molar-refractivity contribution in [3.05, 3.63) is 45.6 Å².